The molecular formula is C46H85O3PS2. The average Bonchev–Trinajstić information content (AvgIpc) is 3.17. The Hall–Kier alpha value is -0.350. The maximum atomic E-state index is 13.3. The van der Waals surface area contributed by atoms with Crippen LogP contribution in [-0.4, -0.2) is 27.0 Å². The second-order valence-electron chi connectivity index (χ2n) is 15.5. The highest BCUT2D eigenvalue weighted by Gasteiger charge is 2.24. The molecule has 1 rings (SSSR count). The highest BCUT2D eigenvalue weighted by Crippen LogP contribution is 2.23. The first-order valence-electron chi connectivity index (χ1n) is 22.3. The van der Waals surface area contributed by atoms with Crippen molar-refractivity contribution < 1.29 is 14.5 Å². The molecule has 1 N–H and O–H groups in total. The van der Waals surface area contributed by atoms with Gasteiger partial charge in [-0.25, -0.2) is 0 Å². The number of hydrogen-bond acceptors (Lipinski definition) is 5. The van der Waals surface area contributed by atoms with Crippen molar-refractivity contribution in [3.8, 4) is 0 Å². The van der Waals surface area contributed by atoms with E-state index in [1.807, 2.05) is 24.3 Å². The quantitative estimate of drug-likeness (QED) is 0.0271. The zero-order chi connectivity index (χ0) is 38.3. The zero-order valence-electron chi connectivity index (χ0n) is 34.2. The van der Waals surface area contributed by atoms with Gasteiger partial charge in [-0.3, -0.25) is 9.59 Å². The van der Waals surface area contributed by atoms with Crippen molar-refractivity contribution in [2.24, 2.45) is 0 Å². The standard InChI is InChI=1S/C46H82O2S2.H3OP/c1-3-5-7-9-11-13-15-17-19-21-23-25-27-29-31-33-39-43(49)45(47)41-37-35-36-38-42(41)46(48)44(50)40-34-32-30-28-26-24-22-20-18-16-14-12-10-8-6-4-2;1-2/h35-38,43-44,49-50H,3-34,39-40H2,1-2H3;1H,2H2. The summed E-state index contributed by atoms with van der Waals surface area (Å²) in [5.41, 5.74) is 1.06. The molecule has 1 aromatic carbocycles. The number of ketones is 2. The van der Waals surface area contributed by atoms with Gasteiger partial charge in [-0.1, -0.05) is 244 Å². The van der Waals surface area contributed by atoms with Crippen LogP contribution in [0.15, 0.2) is 24.3 Å². The maximum Gasteiger partial charge on any atom is 0.176 e. The van der Waals surface area contributed by atoms with E-state index in [1.54, 1.807) is 0 Å². The number of rotatable bonds is 38. The van der Waals surface area contributed by atoms with Crippen molar-refractivity contribution in [3.63, 3.8) is 0 Å². The van der Waals surface area contributed by atoms with Crippen LogP contribution in [0.3, 0.4) is 0 Å². The third kappa shape index (κ3) is 29.9. The van der Waals surface area contributed by atoms with Crippen LogP contribution in [0, 0.1) is 0 Å². The molecule has 0 radical (unpaired) electrons. The fraction of sp³-hybridized carbons (Fsp3) is 0.826. The minimum Gasteiger partial charge on any atom is -0.380 e. The van der Waals surface area contributed by atoms with E-state index in [0.717, 1.165) is 38.5 Å². The first kappa shape index (κ1) is 51.6. The van der Waals surface area contributed by atoms with Crippen molar-refractivity contribution in [3.05, 3.63) is 35.4 Å². The lowest BCUT2D eigenvalue weighted by Gasteiger charge is -2.15. The molecule has 1 aromatic rings. The summed E-state index contributed by atoms with van der Waals surface area (Å²) in [4.78, 5) is 33.6. The molecule has 0 fully saturated rings. The molecule has 6 heteroatoms. The largest absolute Gasteiger partial charge is 0.380 e. The van der Waals surface area contributed by atoms with Gasteiger partial charge < -0.3 is 4.89 Å². The Balaban J connectivity index is 0.0000128. The van der Waals surface area contributed by atoms with Crippen molar-refractivity contribution in [1.29, 1.82) is 0 Å². The number of carbonyl (C=O) groups excluding carboxylic acids is 2. The summed E-state index contributed by atoms with van der Waals surface area (Å²) in [6.45, 7) is 4.57. The topological polar surface area (TPSA) is 54.4 Å². The molecule has 3 atom stereocenters. The predicted octanol–water partition coefficient (Wildman–Crippen LogP) is 15.7. The van der Waals surface area contributed by atoms with Crippen LogP contribution in [0.1, 0.15) is 253 Å². The van der Waals surface area contributed by atoms with Gasteiger partial charge in [0.2, 0.25) is 0 Å². The Morgan fingerprint density at radius 1 is 0.423 bits per heavy atom. The fourth-order valence-electron chi connectivity index (χ4n) is 7.31. The van der Waals surface area contributed by atoms with E-state index in [0.29, 0.717) is 11.1 Å². The summed E-state index contributed by atoms with van der Waals surface area (Å²) in [5.74, 6) is -0.0256. The molecule has 304 valence electrons. The number of carbonyl (C=O) groups is 2. The van der Waals surface area contributed by atoms with E-state index in [4.69, 9.17) is 30.2 Å². The monoisotopic (exact) mass is 781 g/mol. The Labute approximate surface area is 337 Å². The second kappa shape index (κ2) is 40.3. The lowest BCUT2D eigenvalue weighted by molar-refractivity contribution is 0.0953. The Kier molecular flexibility index (Phi) is 40.0. The van der Waals surface area contributed by atoms with Gasteiger partial charge in [-0.15, -0.1) is 0 Å². The third-order valence-corrected chi connectivity index (χ3v) is 11.7. The summed E-state index contributed by atoms with van der Waals surface area (Å²) < 4.78 is 0. The van der Waals surface area contributed by atoms with Crippen LogP contribution in [-0.2, 0) is 0 Å². The lowest BCUT2D eigenvalue weighted by Crippen LogP contribution is -2.22. The van der Waals surface area contributed by atoms with Gasteiger partial charge in [-0.2, -0.15) is 25.3 Å². The van der Waals surface area contributed by atoms with Crippen molar-refractivity contribution in [1.82, 2.24) is 0 Å². The number of thiol groups is 2. The van der Waals surface area contributed by atoms with Crippen LogP contribution >= 0.6 is 34.7 Å². The molecule has 3 unspecified atom stereocenters. The van der Waals surface area contributed by atoms with E-state index in [2.05, 4.69) is 13.8 Å². The van der Waals surface area contributed by atoms with E-state index in [1.165, 1.54) is 189 Å². The number of unbranched alkanes of at least 4 members (excludes halogenated alkanes) is 30. The van der Waals surface area contributed by atoms with Crippen molar-refractivity contribution in [2.75, 3.05) is 0 Å². The van der Waals surface area contributed by atoms with E-state index >= 15 is 0 Å². The highest BCUT2D eigenvalue weighted by atomic mass is 32.1. The minimum absolute atomic E-state index is 0.0128. The summed E-state index contributed by atoms with van der Waals surface area (Å²) in [6.07, 6.45) is 44.5. The molecule has 0 saturated carbocycles. The van der Waals surface area contributed by atoms with Crippen molar-refractivity contribution >= 4 is 46.3 Å². The van der Waals surface area contributed by atoms with Gasteiger partial charge in [0.1, 0.15) is 0 Å². The molecule has 0 aliphatic rings. The Bertz CT molecular complexity index is 854. The number of benzene rings is 1. The molecule has 0 bridgehead atoms. The lowest BCUT2D eigenvalue weighted by atomic mass is 9.94. The van der Waals surface area contributed by atoms with E-state index in [-0.39, 0.29) is 22.1 Å². The molecule has 0 heterocycles. The summed E-state index contributed by atoms with van der Waals surface area (Å²) >= 11 is 9.39. The van der Waals surface area contributed by atoms with Gasteiger partial charge in [0.25, 0.3) is 0 Å². The average molecular weight is 781 g/mol. The molecule has 0 spiro atoms. The Morgan fingerprint density at radius 2 is 0.615 bits per heavy atom. The summed E-state index contributed by atoms with van der Waals surface area (Å²) in [7, 11) is 1.42. The molecule has 0 aliphatic carbocycles. The third-order valence-electron chi connectivity index (χ3n) is 10.7. The molecule has 52 heavy (non-hydrogen) atoms. The van der Waals surface area contributed by atoms with Crippen LogP contribution in [0.2, 0.25) is 0 Å². The molecule has 0 amide bonds. The van der Waals surface area contributed by atoms with Gasteiger partial charge in [0.05, 0.1) is 10.5 Å². The highest BCUT2D eigenvalue weighted by molar-refractivity contribution is 7.82. The predicted molar refractivity (Wildman–Crippen MR) is 241 cm³/mol. The smallest absolute Gasteiger partial charge is 0.176 e. The SMILES string of the molecule is CCCCCCCCCCCCCCCCCCC(S)C(=O)c1ccccc1C(=O)C(S)CCCCCCCCCCCCCCCCCC.OP. The minimum atomic E-state index is -0.353. The van der Waals surface area contributed by atoms with Crippen LogP contribution in [0.4, 0.5) is 0 Å². The van der Waals surface area contributed by atoms with Crippen LogP contribution < -0.4 is 0 Å². The molecule has 0 aliphatic heterocycles. The summed E-state index contributed by atoms with van der Waals surface area (Å²) in [5, 5.41) is -0.705. The van der Waals surface area contributed by atoms with Crippen molar-refractivity contribution in [2.45, 2.75) is 243 Å². The Morgan fingerprint density at radius 3 is 0.827 bits per heavy atom. The first-order valence-corrected chi connectivity index (χ1v) is 23.9. The van der Waals surface area contributed by atoms with Gasteiger partial charge >= 0.3 is 0 Å². The van der Waals surface area contributed by atoms with Gasteiger partial charge in [0, 0.05) is 11.1 Å². The van der Waals surface area contributed by atoms with E-state index < -0.39 is 0 Å². The van der Waals surface area contributed by atoms with E-state index in [9.17, 15) is 9.59 Å². The second-order valence-corrected chi connectivity index (χ2v) is 16.7. The normalized spacial score (nSPS) is 12.3. The number of Topliss-reactive ketones (excluding diaryl/α,β-unsaturated/α-hetero) is 2. The van der Waals surface area contributed by atoms with Gasteiger partial charge in [0.15, 0.2) is 11.6 Å². The molecular weight excluding hydrogens is 696 g/mol. The molecule has 0 saturated heterocycles. The molecule has 0 aromatic heterocycles. The summed E-state index contributed by atoms with van der Waals surface area (Å²) in [6, 6.07) is 7.34. The van der Waals surface area contributed by atoms with Gasteiger partial charge in [-0.05, 0) is 22.3 Å². The number of hydrogen-bond donors (Lipinski definition) is 3. The zero-order valence-corrected chi connectivity index (χ0v) is 37.2. The van der Waals surface area contributed by atoms with Crippen LogP contribution in [0.5, 0.6) is 0 Å². The molecule has 3 nitrogen and oxygen atoms in total. The first-order chi connectivity index (χ1) is 25.5. The fourth-order valence-corrected chi connectivity index (χ4v) is 7.95. The maximum absolute atomic E-state index is 13.3. The van der Waals surface area contributed by atoms with Crippen LogP contribution in [0.25, 0.3) is 0 Å².